The molecule has 6 aliphatic rings. The van der Waals surface area contributed by atoms with Crippen LogP contribution in [0.25, 0.3) is 6.08 Å². The smallest absolute Gasteiger partial charge is 0.253 e. The minimum Gasteiger partial charge on any atom is -0.493 e. The van der Waals surface area contributed by atoms with Crippen LogP contribution >= 0.6 is 11.8 Å². The van der Waals surface area contributed by atoms with E-state index in [2.05, 4.69) is 31.8 Å². The zero-order valence-electron chi connectivity index (χ0n) is 38.9. The molecule has 1 aliphatic carbocycles. The van der Waals surface area contributed by atoms with Crippen LogP contribution in [0, 0.1) is 0 Å². The zero-order valence-corrected chi connectivity index (χ0v) is 39.7. The van der Waals surface area contributed by atoms with Crippen molar-refractivity contribution in [3.05, 3.63) is 59.8 Å². The molecular weight excluding hydrogens is 857 g/mol. The second-order valence-electron chi connectivity index (χ2n) is 18.6. The van der Waals surface area contributed by atoms with E-state index in [-0.39, 0.29) is 23.5 Å². The van der Waals surface area contributed by atoms with Crippen LogP contribution in [0.5, 0.6) is 23.0 Å². The molecule has 0 bridgehead atoms. The number of piperidine rings is 2. The van der Waals surface area contributed by atoms with E-state index in [9.17, 15) is 9.59 Å². The summed E-state index contributed by atoms with van der Waals surface area (Å²) in [6.45, 7) is 14.2. The number of benzene rings is 1. The maximum atomic E-state index is 12.7. The Balaban J connectivity index is 0.653. The van der Waals surface area contributed by atoms with Crippen LogP contribution in [0.2, 0.25) is 0 Å². The van der Waals surface area contributed by atoms with Crippen molar-refractivity contribution in [1.82, 2.24) is 39.5 Å². The largest absolute Gasteiger partial charge is 0.493 e. The quantitative estimate of drug-likeness (QED) is 0.169. The number of anilines is 2. The zero-order chi connectivity index (χ0) is 45.5. The van der Waals surface area contributed by atoms with E-state index in [0.29, 0.717) is 48.3 Å². The van der Waals surface area contributed by atoms with Crippen LogP contribution in [-0.2, 0) is 16.0 Å². The molecule has 1 saturated carbocycles. The lowest BCUT2D eigenvalue weighted by Gasteiger charge is -2.40. The normalized spacial score (nSPS) is 20.9. The number of methoxy groups -OCH3 is 2. The predicted molar refractivity (Wildman–Crippen MR) is 256 cm³/mol. The number of hydrogen-bond acceptors (Lipinski definition) is 16. The average molecular weight is 923 g/mol. The second-order valence-corrected chi connectivity index (χ2v) is 19.7. The second kappa shape index (κ2) is 21.3. The number of aromatic nitrogens is 4. The third-order valence-electron chi connectivity index (χ3n) is 14.1. The summed E-state index contributed by atoms with van der Waals surface area (Å²) in [4.78, 5) is 56.8. The lowest BCUT2D eigenvalue weighted by Crippen LogP contribution is -2.50. The monoisotopic (exact) mass is 922 g/mol. The molecule has 66 heavy (non-hydrogen) atoms. The molecule has 17 heteroatoms. The summed E-state index contributed by atoms with van der Waals surface area (Å²) in [6.07, 6.45) is 19.2. The Bertz CT molecular complexity index is 2190. The Hall–Kier alpha value is -4.97. The Morgan fingerprint density at radius 3 is 2.21 bits per heavy atom. The van der Waals surface area contributed by atoms with E-state index >= 15 is 0 Å². The molecule has 0 atom stereocenters. The van der Waals surface area contributed by atoms with E-state index in [4.69, 9.17) is 38.9 Å². The molecule has 7 heterocycles. The van der Waals surface area contributed by atoms with Gasteiger partial charge in [-0.15, -0.1) is 11.8 Å². The number of carbonyl (C=O) groups excluding carboxylic acids is 2. The number of hydrogen-bond donors (Lipinski definition) is 1. The Morgan fingerprint density at radius 2 is 1.56 bits per heavy atom. The summed E-state index contributed by atoms with van der Waals surface area (Å²) in [5.74, 6) is 5.94. The van der Waals surface area contributed by atoms with Gasteiger partial charge in [0.15, 0.2) is 17.2 Å². The highest BCUT2D eigenvalue weighted by molar-refractivity contribution is 7.99. The van der Waals surface area contributed by atoms with Crippen molar-refractivity contribution in [2.75, 3.05) is 115 Å². The maximum Gasteiger partial charge on any atom is 0.253 e. The van der Waals surface area contributed by atoms with E-state index in [1.807, 2.05) is 36.3 Å². The van der Waals surface area contributed by atoms with Crippen molar-refractivity contribution in [2.24, 2.45) is 0 Å². The Labute approximate surface area is 393 Å². The molecule has 0 radical (unpaired) electrons. The Kier molecular flexibility index (Phi) is 14.9. The first-order valence-electron chi connectivity index (χ1n) is 24.0. The summed E-state index contributed by atoms with van der Waals surface area (Å²) >= 11 is 1.89. The molecule has 354 valence electrons. The standard InChI is InChI=1S/C49H66N10O6S/c1-49(15-6-16-49)54-47-45-39(14-30-66-45)52-48(53-47)58-20-10-36(11-21-58)46-50-33-38(34-51-46)64-29-28-57-26-24-56(25-27-57)23-22-55-18-12-37(13-19-55)65-44-40(62-2)31-35(32-41(44)63-3)8-9-43(61)59-17-5-4-7-42(59)60/h4,7-9,31-34,36-37H,5-6,10-30H2,1-3H3,(H,52,53,54)/b9-8+. The summed E-state index contributed by atoms with van der Waals surface area (Å²) in [5.41, 5.74) is 2.08. The van der Waals surface area contributed by atoms with Crippen molar-refractivity contribution in [3.8, 4) is 23.0 Å². The van der Waals surface area contributed by atoms with E-state index in [1.165, 1.54) is 46.9 Å². The SMILES string of the molecule is COc1cc(/C=C/C(=O)N2CCC=CC2=O)cc(OC)c1OC1CCN(CCN2CCN(CCOc3cnc(C4CCN(c5nc6c(c(NC7(C)CCC7)n5)SCC6)CC4)nc3)CC2)CC1. The number of rotatable bonds is 17. The van der Waals surface area contributed by atoms with Gasteiger partial charge in [0.2, 0.25) is 11.7 Å². The number of likely N-dealkylation sites (tertiary alicyclic amines) is 1. The molecule has 0 spiro atoms. The van der Waals surface area contributed by atoms with Crippen LogP contribution in [0.4, 0.5) is 11.8 Å². The van der Waals surface area contributed by atoms with E-state index in [0.717, 1.165) is 133 Å². The van der Waals surface area contributed by atoms with Gasteiger partial charge in [0.25, 0.3) is 11.8 Å². The van der Waals surface area contributed by atoms with Crippen LogP contribution in [-0.4, -0.2) is 168 Å². The number of amides is 2. The van der Waals surface area contributed by atoms with Gasteiger partial charge in [0, 0.05) is 108 Å². The highest BCUT2D eigenvalue weighted by Crippen LogP contribution is 2.43. The summed E-state index contributed by atoms with van der Waals surface area (Å²) < 4.78 is 24.0. The fourth-order valence-electron chi connectivity index (χ4n) is 9.75. The molecule has 0 unspecified atom stereocenters. The van der Waals surface area contributed by atoms with Crippen molar-refractivity contribution in [2.45, 2.75) is 87.2 Å². The summed E-state index contributed by atoms with van der Waals surface area (Å²) in [5, 5.41) is 3.79. The number of nitrogens with zero attached hydrogens (tertiary/aromatic N) is 9. The van der Waals surface area contributed by atoms with Crippen LogP contribution in [0.3, 0.4) is 0 Å². The number of piperazine rings is 1. The molecule has 1 N–H and O–H groups in total. The fraction of sp³-hybridized carbons (Fsp3) is 0.592. The van der Waals surface area contributed by atoms with Crippen molar-refractivity contribution in [1.29, 1.82) is 0 Å². The van der Waals surface area contributed by atoms with Crippen LogP contribution < -0.4 is 29.2 Å². The minimum absolute atomic E-state index is 0.0387. The third kappa shape index (κ3) is 11.2. The summed E-state index contributed by atoms with van der Waals surface area (Å²) in [7, 11) is 3.20. The molecule has 2 amide bonds. The number of aryl methyl sites for hydroxylation is 1. The first-order chi connectivity index (χ1) is 32.2. The molecule has 5 aliphatic heterocycles. The number of ether oxygens (including phenoxy) is 4. The molecule has 9 rings (SSSR count). The van der Waals surface area contributed by atoms with E-state index < -0.39 is 0 Å². The number of carbonyl (C=O) groups is 2. The van der Waals surface area contributed by atoms with Gasteiger partial charge in [-0.25, -0.2) is 15.0 Å². The van der Waals surface area contributed by atoms with Crippen molar-refractivity contribution < 1.29 is 28.5 Å². The Morgan fingerprint density at radius 1 is 0.879 bits per heavy atom. The highest BCUT2D eigenvalue weighted by atomic mass is 32.2. The number of thioether (sulfide) groups is 1. The molecular formula is C49H66N10O6S. The van der Waals surface area contributed by atoms with Gasteiger partial charge in [0.05, 0.1) is 37.2 Å². The molecule has 4 fully saturated rings. The fourth-order valence-corrected chi connectivity index (χ4v) is 10.8. The van der Waals surface area contributed by atoms with Gasteiger partial charge in [-0.05, 0) is 88.1 Å². The molecule has 3 aromatic rings. The van der Waals surface area contributed by atoms with Crippen LogP contribution in [0.15, 0.2) is 47.6 Å². The van der Waals surface area contributed by atoms with Crippen molar-refractivity contribution >= 4 is 41.4 Å². The topological polar surface area (TPSA) is 151 Å². The van der Waals surface area contributed by atoms with Crippen molar-refractivity contribution in [3.63, 3.8) is 0 Å². The van der Waals surface area contributed by atoms with E-state index in [1.54, 1.807) is 26.4 Å². The average Bonchev–Trinajstić information content (AvgIpc) is 3.83. The first-order valence-corrected chi connectivity index (χ1v) is 25.0. The lowest BCUT2D eigenvalue weighted by molar-refractivity contribution is -0.139. The molecule has 3 saturated heterocycles. The number of imide groups is 1. The van der Waals surface area contributed by atoms with Gasteiger partial charge in [-0.3, -0.25) is 24.3 Å². The van der Waals surface area contributed by atoms with Crippen LogP contribution in [0.1, 0.15) is 81.3 Å². The first kappa shape index (κ1) is 46.2. The summed E-state index contributed by atoms with van der Waals surface area (Å²) in [6, 6.07) is 3.65. The predicted octanol–water partition coefficient (Wildman–Crippen LogP) is 5.54. The highest BCUT2D eigenvalue weighted by Gasteiger charge is 2.35. The van der Waals surface area contributed by atoms with Gasteiger partial charge in [-0.1, -0.05) is 6.08 Å². The van der Waals surface area contributed by atoms with Gasteiger partial charge in [0.1, 0.15) is 24.4 Å². The minimum atomic E-state index is -0.351. The molecule has 1 aromatic carbocycles. The number of fused-ring (bicyclic) bond motifs is 1. The third-order valence-corrected chi connectivity index (χ3v) is 15.2. The number of nitrogens with one attached hydrogen (secondary N) is 1. The van der Waals surface area contributed by atoms with Gasteiger partial charge >= 0.3 is 0 Å². The molecule has 2 aromatic heterocycles. The van der Waals surface area contributed by atoms with Gasteiger partial charge < -0.3 is 34.1 Å². The lowest BCUT2D eigenvalue weighted by atomic mass is 9.78. The maximum absolute atomic E-state index is 12.7. The van der Waals surface area contributed by atoms with Gasteiger partial charge in [-0.2, -0.15) is 4.98 Å². The molecule has 16 nitrogen and oxygen atoms in total.